The van der Waals surface area contributed by atoms with Gasteiger partial charge in [-0.05, 0) is 12.0 Å². The molecule has 3 heteroatoms. The number of methoxy groups -OCH3 is 1. The lowest BCUT2D eigenvalue weighted by atomic mass is 10.1. The van der Waals surface area contributed by atoms with Crippen molar-refractivity contribution >= 4 is 5.97 Å². The number of ether oxygens (including phenoxy) is 2. The molecule has 0 aromatic carbocycles. The van der Waals surface area contributed by atoms with Gasteiger partial charge < -0.3 is 9.47 Å². The number of rotatable bonds is 1. The summed E-state index contributed by atoms with van der Waals surface area (Å²) >= 11 is 0. The van der Waals surface area contributed by atoms with E-state index in [1.807, 2.05) is 0 Å². The molecule has 56 valence electrons. The summed E-state index contributed by atoms with van der Waals surface area (Å²) in [5.41, 5.74) is 0.812. The molecule has 0 aliphatic carbocycles. The highest BCUT2D eigenvalue weighted by Gasteiger charge is 2.27. The Morgan fingerprint density at radius 1 is 1.90 bits per heavy atom. The largest absolute Gasteiger partial charge is 0.467 e. The minimum atomic E-state index is -0.509. The van der Waals surface area contributed by atoms with Gasteiger partial charge in [-0.1, -0.05) is 6.58 Å². The van der Waals surface area contributed by atoms with Crippen molar-refractivity contribution in [3.05, 3.63) is 12.2 Å². The lowest BCUT2D eigenvalue weighted by Crippen LogP contribution is -2.21. The predicted molar refractivity (Wildman–Crippen MR) is 35.5 cm³/mol. The van der Waals surface area contributed by atoms with Crippen molar-refractivity contribution in [2.24, 2.45) is 0 Å². The first-order valence-electron chi connectivity index (χ1n) is 3.13. The third kappa shape index (κ3) is 1.19. The average Bonchev–Trinajstić information content (AvgIpc) is 2.34. The van der Waals surface area contributed by atoms with Gasteiger partial charge in [-0.3, -0.25) is 0 Å². The molecule has 0 N–H and O–H groups in total. The Balaban J connectivity index is 2.55. The molecule has 1 aliphatic rings. The molecule has 1 aliphatic heterocycles. The summed E-state index contributed by atoms with van der Waals surface area (Å²) in [5.74, 6) is -0.345. The molecule has 1 rings (SSSR count). The Morgan fingerprint density at radius 3 is 3.00 bits per heavy atom. The molecule has 1 fully saturated rings. The highest BCUT2D eigenvalue weighted by molar-refractivity contribution is 5.78. The first-order valence-corrected chi connectivity index (χ1v) is 3.13. The fraction of sp³-hybridized carbons (Fsp3) is 0.571. The maximum Gasteiger partial charge on any atom is 0.339 e. The zero-order chi connectivity index (χ0) is 7.56. The van der Waals surface area contributed by atoms with Crippen LogP contribution in [0.4, 0.5) is 0 Å². The third-order valence-corrected chi connectivity index (χ3v) is 1.49. The zero-order valence-corrected chi connectivity index (χ0v) is 5.92. The second kappa shape index (κ2) is 2.84. The summed E-state index contributed by atoms with van der Waals surface area (Å²) < 4.78 is 9.52. The van der Waals surface area contributed by atoms with E-state index in [9.17, 15) is 4.79 Å². The number of carbonyl (C=O) groups is 1. The minimum Gasteiger partial charge on any atom is -0.467 e. The van der Waals surface area contributed by atoms with E-state index in [0.717, 1.165) is 12.0 Å². The third-order valence-electron chi connectivity index (χ3n) is 1.49. The van der Waals surface area contributed by atoms with E-state index in [1.165, 1.54) is 7.11 Å². The molecular weight excluding hydrogens is 132 g/mol. The first kappa shape index (κ1) is 7.28. The van der Waals surface area contributed by atoms with Crippen LogP contribution in [0, 0.1) is 0 Å². The summed E-state index contributed by atoms with van der Waals surface area (Å²) in [6, 6.07) is 0. The zero-order valence-electron chi connectivity index (χ0n) is 5.92. The van der Waals surface area contributed by atoms with Crippen LogP contribution >= 0.6 is 0 Å². The monoisotopic (exact) mass is 142 g/mol. The van der Waals surface area contributed by atoms with Crippen molar-refractivity contribution in [1.82, 2.24) is 0 Å². The molecule has 10 heavy (non-hydrogen) atoms. The summed E-state index contributed by atoms with van der Waals surface area (Å²) in [7, 11) is 1.34. The van der Waals surface area contributed by atoms with Crippen molar-refractivity contribution in [2.75, 3.05) is 13.7 Å². The van der Waals surface area contributed by atoms with Crippen LogP contribution in [0.3, 0.4) is 0 Å². The molecule has 0 aromatic heterocycles. The van der Waals surface area contributed by atoms with E-state index in [0.29, 0.717) is 6.61 Å². The van der Waals surface area contributed by atoms with Crippen molar-refractivity contribution in [1.29, 1.82) is 0 Å². The van der Waals surface area contributed by atoms with Crippen molar-refractivity contribution in [2.45, 2.75) is 12.5 Å². The topological polar surface area (TPSA) is 35.5 Å². The van der Waals surface area contributed by atoms with Gasteiger partial charge in [0, 0.05) is 0 Å². The van der Waals surface area contributed by atoms with Gasteiger partial charge in [0.1, 0.15) is 0 Å². The molecule has 1 saturated heterocycles. The quantitative estimate of drug-likeness (QED) is 0.395. The van der Waals surface area contributed by atoms with Gasteiger partial charge in [-0.2, -0.15) is 0 Å². The Hall–Kier alpha value is -0.830. The van der Waals surface area contributed by atoms with Gasteiger partial charge in [-0.15, -0.1) is 0 Å². The molecule has 0 saturated carbocycles. The van der Waals surface area contributed by atoms with Gasteiger partial charge in [0.25, 0.3) is 0 Å². The van der Waals surface area contributed by atoms with Crippen LogP contribution in [-0.4, -0.2) is 25.8 Å². The predicted octanol–water partition coefficient (Wildman–Crippen LogP) is 0.504. The normalized spacial score (nSPS) is 24.9. The first-order chi connectivity index (χ1) is 4.75. The lowest BCUT2D eigenvalue weighted by molar-refractivity contribution is -0.149. The van der Waals surface area contributed by atoms with Gasteiger partial charge in [0.05, 0.1) is 13.7 Å². The summed E-state index contributed by atoms with van der Waals surface area (Å²) in [6.45, 7) is 4.26. The van der Waals surface area contributed by atoms with E-state index >= 15 is 0 Å². The Labute approximate surface area is 59.6 Å². The van der Waals surface area contributed by atoms with Crippen molar-refractivity contribution in [3.8, 4) is 0 Å². The molecule has 0 spiro atoms. The van der Waals surface area contributed by atoms with Gasteiger partial charge in [0.15, 0.2) is 6.10 Å². The molecule has 0 aromatic rings. The summed E-state index contributed by atoms with van der Waals surface area (Å²) in [5, 5.41) is 0. The van der Waals surface area contributed by atoms with Gasteiger partial charge >= 0.3 is 5.97 Å². The molecule has 0 bridgehead atoms. The highest BCUT2D eigenvalue weighted by atomic mass is 16.6. The number of hydrogen-bond donors (Lipinski definition) is 0. The van der Waals surface area contributed by atoms with Crippen LogP contribution in [0.25, 0.3) is 0 Å². The number of carbonyl (C=O) groups excluding carboxylic acids is 1. The second-order valence-corrected chi connectivity index (χ2v) is 2.18. The van der Waals surface area contributed by atoms with Crippen LogP contribution in [0.2, 0.25) is 0 Å². The van der Waals surface area contributed by atoms with Crippen molar-refractivity contribution in [3.63, 3.8) is 0 Å². The number of esters is 1. The van der Waals surface area contributed by atoms with Crippen LogP contribution in [-0.2, 0) is 14.3 Å². The molecule has 3 nitrogen and oxygen atoms in total. The van der Waals surface area contributed by atoms with Crippen LogP contribution < -0.4 is 0 Å². The Kier molecular flexibility index (Phi) is 2.06. The molecule has 1 unspecified atom stereocenters. The fourth-order valence-electron chi connectivity index (χ4n) is 0.899. The Bertz CT molecular complexity index is 162. The van der Waals surface area contributed by atoms with Crippen LogP contribution in [0.5, 0.6) is 0 Å². The van der Waals surface area contributed by atoms with E-state index in [-0.39, 0.29) is 5.97 Å². The molecule has 0 amide bonds. The fourth-order valence-corrected chi connectivity index (χ4v) is 0.899. The molecular formula is C7H10O3. The lowest BCUT2D eigenvalue weighted by Gasteiger charge is -2.06. The maximum atomic E-state index is 10.8. The van der Waals surface area contributed by atoms with E-state index < -0.39 is 6.10 Å². The van der Waals surface area contributed by atoms with Crippen molar-refractivity contribution < 1.29 is 14.3 Å². The average molecular weight is 142 g/mol. The summed E-state index contributed by atoms with van der Waals surface area (Å²) in [6.07, 6.45) is 0.254. The number of hydrogen-bond acceptors (Lipinski definition) is 3. The van der Waals surface area contributed by atoms with E-state index in [4.69, 9.17) is 4.74 Å². The Morgan fingerprint density at radius 2 is 2.60 bits per heavy atom. The van der Waals surface area contributed by atoms with E-state index in [2.05, 4.69) is 11.3 Å². The summed E-state index contributed by atoms with van der Waals surface area (Å²) in [4.78, 5) is 10.8. The van der Waals surface area contributed by atoms with Gasteiger partial charge in [0.2, 0.25) is 0 Å². The molecule has 1 atom stereocenters. The second-order valence-electron chi connectivity index (χ2n) is 2.18. The highest BCUT2D eigenvalue weighted by Crippen LogP contribution is 2.18. The smallest absolute Gasteiger partial charge is 0.339 e. The van der Waals surface area contributed by atoms with Crippen LogP contribution in [0.1, 0.15) is 6.42 Å². The van der Waals surface area contributed by atoms with Gasteiger partial charge in [-0.25, -0.2) is 4.79 Å². The molecule has 0 radical (unpaired) electrons. The SMILES string of the molecule is C=C1CCOC1C(=O)OC. The maximum absolute atomic E-state index is 10.8. The molecule has 1 heterocycles. The minimum absolute atomic E-state index is 0.345. The standard InChI is InChI=1S/C7H10O3/c1-5-3-4-10-6(5)7(8)9-2/h6H,1,3-4H2,2H3. The van der Waals surface area contributed by atoms with E-state index in [1.54, 1.807) is 0 Å². The van der Waals surface area contributed by atoms with Crippen LogP contribution in [0.15, 0.2) is 12.2 Å².